The summed E-state index contributed by atoms with van der Waals surface area (Å²) in [4.78, 5) is 13.8. The molecule has 0 saturated heterocycles. The zero-order chi connectivity index (χ0) is 9.84. The van der Waals surface area contributed by atoms with Crippen molar-refractivity contribution in [3.63, 3.8) is 0 Å². The molecule has 0 bridgehead atoms. The Bertz CT molecular complexity index is 294. The van der Waals surface area contributed by atoms with Crippen molar-refractivity contribution >= 4 is 5.91 Å². The lowest BCUT2D eigenvalue weighted by Crippen LogP contribution is -2.27. The lowest BCUT2D eigenvalue weighted by atomic mass is 10.2. The van der Waals surface area contributed by atoms with Gasteiger partial charge in [-0.25, -0.2) is 4.39 Å². The molecule has 3 nitrogen and oxygen atoms in total. The molecule has 0 aliphatic rings. The maximum atomic E-state index is 12.5. The summed E-state index contributed by atoms with van der Waals surface area (Å²) in [6.45, 7) is 4.59. The van der Waals surface area contributed by atoms with Gasteiger partial charge in [0.05, 0.1) is 0 Å². The van der Waals surface area contributed by atoms with Crippen LogP contribution in [0.5, 0.6) is 0 Å². The van der Waals surface area contributed by atoms with Crippen molar-refractivity contribution in [1.82, 2.24) is 10.3 Å². The van der Waals surface area contributed by atoms with Crippen LogP contribution in [0.2, 0.25) is 0 Å². The first-order valence-electron chi connectivity index (χ1n) is 4.21. The number of hydrogen-bond donors (Lipinski definition) is 2. The molecule has 0 aliphatic carbocycles. The Labute approximate surface area is 76.3 Å². The molecule has 0 aromatic carbocycles. The van der Waals surface area contributed by atoms with E-state index in [0.717, 1.165) is 6.20 Å². The first-order valence-corrected chi connectivity index (χ1v) is 4.21. The molecular formula is C9H13FN2O. The number of amides is 1. The van der Waals surface area contributed by atoms with Crippen LogP contribution in [-0.2, 0) is 0 Å². The third kappa shape index (κ3) is 2.89. The zero-order valence-corrected chi connectivity index (χ0v) is 7.73. The molecule has 0 spiro atoms. The number of halogens is 1. The molecule has 13 heavy (non-hydrogen) atoms. The summed E-state index contributed by atoms with van der Waals surface area (Å²) < 4.78 is 12.5. The average Bonchev–Trinajstić information content (AvgIpc) is 2.47. The van der Waals surface area contributed by atoms with Crippen LogP contribution in [-0.4, -0.2) is 17.4 Å². The highest BCUT2D eigenvalue weighted by Crippen LogP contribution is 2.00. The quantitative estimate of drug-likeness (QED) is 0.735. The minimum Gasteiger partial charge on any atom is -0.355 e. The third-order valence-corrected chi connectivity index (χ3v) is 1.56. The van der Waals surface area contributed by atoms with Gasteiger partial charge in [-0.2, -0.15) is 0 Å². The van der Waals surface area contributed by atoms with Crippen LogP contribution < -0.4 is 5.32 Å². The van der Waals surface area contributed by atoms with Crippen molar-refractivity contribution in [3.8, 4) is 0 Å². The number of carbonyl (C=O) groups excluding carboxylic acids is 1. The second-order valence-corrected chi connectivity index (χ2v) is 3.34. The van der Waals surface area contributed by atoms with Crippen LogP contribution in [0.25, 0.3) is 0 Å². The Balaban J connectivity index is 2.49. The molecule has 1 rings (SSSR count). The van der Waals surface area contributed by atoms with Crippen LogP contribution in [0.15, 0.2) is 12.3 Å². The summed E-state index contributed by atoms with van der Waals surface area (Å²) in [6.07, 6.45) is 1.16. The van der Waals surface area contributed by atoms with E-state index in [2.05, 4.69) is 10.3 Å². The van der Waals surface area contributed by atoms with Crippen molar-refractivity contribution in [2.24, 2.45) is 5.92 Å². The van der Waals surface area contributed by atoms with Crippen LogP contribution in [0.1, 0.15) is 24.3 Å². The topological polar surface area (TPSA) is 44.9 Å². The van der Waals surface area contributed by atoms with Gasteiger partial charge in [-0.1, -0.05) is 13.8 Å². The van der Waals surface area contributed by atoms with E-state index in [1.54, 1.807) is 0 Å². The van der Waals surface area contributed by atoms with Crippen molar-refractivity contribution in [2.45, 2.75) is 13.8 Å². The highest BCUT2D eigenvalue weighted by Gasteiger charge is 2.07. The van der Waals surface area contributed by atoms with Crippen molar-refractivity contribution < 1.29 is 9.18 Å². The van der Waals surface area contributed by atoms with E-state index < -0.39 is 5.82 Å². The molecule has 4 heteroatoms. The van der Waals surface area contributed by atoms with E-state index in [0.29, 0.717) is 12.5 Å². The van der Waals surface area contributed by atoms with Crippen LogP contribution in [0.3, 0.4) is 0 Å². The van der Waals surface area contributed by atoms with Gasteiger partial charge in [0.25, 0.3) is 5.91 Å². The molecule has 1 aromatic rings. The molecule has 0 radical (unpaired) electrons. The first kappa shape index (κ1) is 9.77. The molecule has 1 amide bonds. The summed E-state index contributed by atoms with van der Waals surface area (Å²) in [5, 5.41) is 2.67. The number of hydrogen-bond acceptors (Lipinski definition) is 1. The highest BCUT2D eigenvalue weighted by atomic mass is 19.1. The summed E-state index contributed by atoms with van der Waals surface area (Å²) in [7, 11) is 0. The van der Waals surface area contributed by atoms with E-state index in [4.69, 9.17) is 0 Å². The highest BCUT2D eigenvalue weighted by molar-refractivity contribution is 5.92. The predicted molar refractivity (Wildman–Crippen MR) is 47.9 cm³/mol. The van der Waals surface area contributed by atoms with Gasteiger partial charge in [0.1, 0.15) is 11.5 Å². The SMILES string of the molecule is CC(C)CNC(=O)c1cc(F)c[nH]1. The van der Waals surface area contributed by atoms with Gasteiger partial charge in [0.15, 0.2) is 0 Å². The monoisotopic (exact) mass is 184 g/mol. The Morgan fingerprint density at radius 1 is 1.69 bits per heavy atom. The minimum atomic E-state index is -0.422. The molecule has 1 aromatic heterocycles. The minimum absolute atomic E-state index is 0.262. The molecule has 0 unspecified atom stereocenters. The summed E-state index contributed by atoms with van der Waals surface area (Å²) >= 11 is 0. The summed E-state index contributed by atoms with van der Waals surface area (Å²) in [5.41, 5.74) is 0.262. The number of nitrogens with one attached hydrogen (secondary N) is 2. The molecule has 72 valence electrons. The molecule has 2 N–H and O–H groups in total. The number of H-pyrrole nitrogens is 1. The Morgan fingerprint density at radius 3 is 2.85 bits per heavy atom. The number of aromatic nitrogens is 1. The van der Waals surface area contributed by atoms with E-state index in [1.807, 2.05) is 13.8 Å². The van der Waals surface area contributed by atoms with Gasteiger partial charge in [-0.3, -0.25) is 4.79 Å². The van der Waals surface area contributed by atoms with Gasteiger partial charge < -0.3 is 10.3 Å². The lowest BCUT2D eigenvalue weighted by Gasteiger charge is -2.05. The van der Waals surface area contributed by atoms with E-state index >= 15 is 0 Å². The molecular weight excluding hydrogens is 171 g/mol. The lowest BCUT2D eigenvalue weighted by molar-refractivity contribution is 0.0944. The molecule has 0 fully saturated rings. The second kappa shape index (κ2) is 4.07. The van der Waals surface area contributed by atoms with E-state index in [9.17, 15) is 9.18 Å². The fourth-order valence-electron chi connectivity index (χ4n) is 0.891. The maximum Gasteiger partial charge on any atom is 0.267 e. The van der Waals surface area contributed by atoms with E-state index in [1.165, 1.54) is 6.07 Å². The van der Waals surface area contributed by atoms with Crippen LogP contribution in [0, 0.1) is 11.7 Å². The molecule has 0 saturated carbocycles. The van der Waals surface area contributed by atoms with Gasteiger partial charge in [0.2, 0.25) is 0 Å². The van der Waals surface area contributed by atoms with Gasteiger partial charge >= 0.3 is 0 Å². The Hall–Kier alpha value is -1.32. The smallest absolute Gasteiger partial charge is 0.267 e. The maximum absolute atomic E-state index is 12.5. The van der Waals surface area contributed by atoms with Gasteiger partial charge in [0, 0.05) is 18.8 Å². The van der Waals surface area contributed by atoms with Crippen molar-refractivity contribution in [2.75, 3.05) is 6.54 Å². The van der Waals surface area contributed by atoms with Gasteiger partial charge in [-0.05, 0) is 5.92 Å². The van der Waals surface area contributed by atoms with E-state index in [-0.39, 0.29) is 11.6 Å². The van der Waals surface area contributed by atoms with Crippen molar-refractivity contribution in [3.05, 3.63) is 23.8 Å². The number of carbonyl (C=O) groups is 1. The van der Waals surface area contributed by atoms with Gasteiger partial charge in [-0.15, -0.1) is 0 Å². The zero-order valence-electron chi connectivity index (χ0n) is 7.73. The first-order chi connectivity index (χ1) is 6.09. The standard InChI is InChI=1S/C9H13FN2O/c1-6(2)4-12-9(13)8-3-7(10)5-11-8/h3,5-6,11H,4H2,1-2H3,(H,12,13). The molecule has 1 heterocycles. The van der Waals surface area contributed by atoms with Crippen molar-refractivity contribution in [1.29, 1.82) is 0 Å². The average molecular weight is 184 g/mol. The summed E-state index contributed by atoms with van der Waals surface area (Å²) in [6, 6.07) is 1.18. The second-order valence-electron chi connectivity index (χ2n) is 3.34. The predicted octanol–water partition coefficient (Wildman–Crippen LogP) is 1.54. The fraction of sp³-hybridized carbons (Fsp3) is 0.444. The molecule has 0 aliphatic heterocycles. The third-order valence-electron chi connectivity index (χ3n) is 1.56. The molecule has 0 atom stereocenters. The Morgan fingerprint density at radius 2 is 2.38 bits per heavy atom. The summed E-state index contributed by atoms with van der Waals surface area (Å²) in [5.74, 6) is -0.295. The Kier molecular flexibility index (Phi) is 3.06. The normalized spacial score (nSPS) is 10.5. The largest absolute Gasteiger partial charge is 0.355 e. The number of rotatable bonds is 3. The number of aromatic amines is 1. The fourth-order valence-corrected chi connectivity index (χ4v) is 0.891. The van der Waals surface area contributed by atoms with Crippen LogP contribution in [0.4, 0.5) is 4.39 Å². The van der Waals surface area contributed by atoms with Crippen LogP contribution >= 0.6 is 0 Å².